The molecular formula is C26H33NO2. The molecule has 2 rings (SSSR count). The fraction of sp³-hybridized carbons (Fsp3) is 0.346. The van der Waals surface area contributed by atoms with Gasteiger partial charge in [0.15, 0.2) is 0 Å². The molecule has 154 valence electrons. The van der Waals surface area contributed by atoms with Crippen LogP contribution in [0.4, 0.5) is 5.69 Å². The highest BCUT2D eigenvalue weighted by Gasteiger charge is 2.26. The number of allylic oxidation sites excluding steroid dienone is 9. The smallest absolute Gasteiger partial charge is 0.248 e. The topological polar surface area (TPSA) is 49.3 Å². The molecule has 0 heterocycles. The molecule has 0 spiro atoms. The lowest BCUT2D eigenvalue weighted by Gasteiger charge is -2.32. The first-order valence-corrected chi connectivity index (χ1v) is 9.69. The molecule has 0 fully saturated rings. The van der Waals surface area contributed by atoms with Gasteiger partial charge in [0.25, 0.3) is 0 Å². The zero-order valence-corrected chi connectivity index (χ0v) is 17.5. The van der Waals surface area contributed by atoms with Gasteiger partial charge in [-0.3, -0.25) is 4.79 Å². The Hall–Kier alpha value is -2.81. The van der Waals surface area contributed by atoms with E-state index in [1.165, 1.54) is 18.2 Å². The maximum absolute atomic E-state index is 12.1. The zero-order chi connectivity index (χ0) is 25.7. The first-order valence-electron chi connectivity index (χ1n) is 12.2. The molecule has 0 unspecified atom stereocenters. The van der Waals surface area contributed by atoms with Crippen LogP contribution in [0.5, 0.6) is 5.75 Å². The van der Waals surface area contributed by atoms with Crippen LogP contribution in [0.3, 0.4) is 0 Å². The molecule has 1 aliphatic rings. The summed E-state index contributed by atoms with van der Waals surface area (Å²) in [7, 11) is 0. The maximum atomic E-state index is 12.1. The third-order valence-corrected chi connectivity index (χ3v) is 4.77. The van der Waals surface area contributed by atoms with Crippen LogP contribution >= 0.6 is 0 Å². The van der Waals surface area contributed by atoms with E-state index in [9.17, 15) is 9.90 Å². The van der Waals surface area contributed by atoms with Gasteiger partial charge >= 0.3 is 0 Å². The number of aromatic hydroxyl groups is 1. The standard InChI is InChI=1S/C26H33NO2/c1-19(11-16-24-21(3)10-7-17-26(24,4)5)8-6-9-20(2)18-25(29)27-22-12-14-23(28)15-13-22/h6,8-9,11-16,18,28H,7,10,17H2,1-5H3,(H,27,29)/i3D3,10D2. The van der Waals surface area contributed by atoms with Crippen LogP contribution in [0, 0.1) is 5.41 Å². The first kappa shape index (κ1) is 16.0. The van der Waals surface area contributed by atoms with Gasteiger partial charge in [0.2, 0.25) is 5.91 Å². The van der Waals surface area contributed by atoms with Gasteiger partial charge in [0.1, 0.15) is 5.75 Å². The highest BCUT2D eigenvalue weighted by atomic mass is 16.3. The van der Waals surface area contributed by atoms with Crippen molar-refractivity contribution in [2.75, 3.05) is 5.32 Å². The molecule has 0 aromatic heterocycles. The fourth-order valence-electron chi connectivity index (χ4n) is 2.98. The van der Waals surface area contributed by atoms with Crippen molar-refractivity contribution in [3.05, 3.63) is 83.0 Å². The van der Waals surface area contributed by atoms with Crippen LogP contribution in [-0.4, -0.2) is 11.0 Å². The summed E-state index contributed by atoms with van der Waals surface area (Å²) in [4.78, 5) is 12.1. The molecule has 1 aliphatic carbocycles. The predicted octanol–water partition coefficient (Wildman–Crippen LogP) is 6.86. The quantitative estimate of drug-likeness (QED) is 0.313. The lowest BCUT2D eigenvalue weighted by Crippen LogP contribution is -2.19. The third-order valence-electron chi connectivity index (χ3n) is 4.77. The Morgan fingerprint density at radius 1 is 1.21 bits per heavy atom. The Morgan fingerprint density at radius 3 is 2.62 bits per heavy atom. The molecule has 2 N–H and O–H groups in total. The van der Waals surface area contributed by atoms with E-state index in [1.807, 2.05) is 26.8 Å². The number of hydrogen-bond donors (Lipinski definition) is 2. The van der Waals surface area contributed by atoms with Crippen molar-refractivity contribution < 1.29 is 16.8 Å². The number of nitrogens with one attached hydrogen (secondary N) is 1. The molecule has 0 bridgehead atoms. The number of anilines is 1. The van der Waals surface area contributed by atoms with Crippen LogP contribution < -0.4 is 5.32 Å². The van der Waals surface area contributed by atoms with Crippen molar-refractivity contribution in [2.24, 2.45) is 5.41 Å². The third kappa shape index (κ3) is 7.26. The van der Waals surface area contributed by atoms with Crippen molar-refractivity contribution in [3.63, 3.8) is 0 Å². The second kappa shape index (κ2) is 10.1. The minimum Gasteiger partial charge on any atom is -0.508 e. The summed E-state index contributed by atoms with van der Waals surface area (Å²) in [5, 5.41) is 12.0. The predicted molar refractivity (Wildman–Crippen MR) is 123 cm³/mol. The molecule has 1 aromatic rings. The Balaban J connectivity index is 2.15. The number of amides is 1. The van der Waals surface area contributed by atoms with Gasteiger partial charge < -0.3 is 10.4 Å². The van der Waals surface area contributed by atoms with E-state index in [-0.39, 0.29) is 23.7 Å². The second-order valence-electron chi connectivity index (χ2n) is 7.88. The van der Waals surface area contributed by atoms with Crippen LogP contribution in [0.15, 0.2) is 83.0 Å². The average molecular weight is 397 g/mol. The van der Waals surface area contributed by atoms with E-state index >= 15 is 0 Å². The Bertz CT molecular complexity index is 1060. The number of carbonyl (C=O) groups excluding carboxylic acids is 1. The summed E-state index contributed by atoms with van der Waals surface area (Å²) < 4.78 is 40.2. The van der Waals surface area contributed by atoms with Crippen molar-refractivity contribution >= 4 is 11.6 Å². The van der Waals surface area contributed by atoms with Crippen molar-refractivity contribution in [3.8, 4) is 5.75 Å². The fourth-order valence-corrected chi connectivity index (χ4v) is 2.98. The minimum atomic E-state index is -2.50. The van der Waals surface area contributed by atoms with Crippen molar-refractivity contribution in [1.82, 2.24) is 0 Å². The zero-order valence-electron chi connectivity index (χ0n) is 22.5. The van der Waals surface area contributed by atoms with Gasteiger partial charge in [0, 0.05) is 18.6 Å². The minimum absolute atomic E-state index is 0.103. The Kier molecular flexibility index (Phi) is 5.59. The van der Waals surface area contributed by atoms with Crippen molar-refractivity contribution in [2.45, 2.75) is 53.8 Å². The van der Waals surface area contributed by atoms with E-state index in [0.29, 0.717) is 17.7 Å². The summed E-state index contributed by atoms with van der Waals surface area (Å²) >= 11 is 0. The number of benzene rings is 1. The van der Waals surface area contributed by atoms with Crippen LogP contribution in [0.1, 0.15) is 60.6 Å². The summed E-state index contributed by atoms with van der Waals surface area (Å²) in [5.74, 6) is -0.160. The molecule has 0 saturated carbocycles. The highest BCUT2D eigenvalue weighted by molar-refractivity contribution is 5.99. The average Bonchev–Trinajstić information content (AvgIpc) is 2.69. The van der Waals surface area contributed by atoms with Crippen LogP contribution in [0.25, 0.3) is 0 Å². The van der Waals surface area contributed by atoms with E-state index in [4.69, 9.17) is 6.85 Å². The van der Waals surface area contributed by atoms with E-state index in [1.54, 1.807) is 43.4 Å². The SMILES string of the molecule is [2H]C([2H])([2H])C1=C(C=CC(C)=CC=CC(C)=CC(=O)Nc2ccc(O)cc2)C(C)(C)CCC1([2H])[2H]. The van der Waals surface area contributed by atoms with E-state index in [2.05, 4.69) is 5.32 Å². The summed E-state index contributed by atoms with van der Waals surface area (Å²) in [6.45, 7) is 5.07. The lowest BCUT2D eigenvalue weighted by molar-refractivity contribution is -0.111. The molecule has 0 saturated heterocycles. The molecule has 1 aromatic carbocycles. The van der Waals surface area contributed by atoms with Gasteiger partial charge in [-0.05, 0) is 80.7 Å². The largest absolute Gasteiger partial charge is 0.508 e. The monoisotopic (exact) mass is 396 g/mol. The Labute approximate surface area is 182 Å². The molecule has 3 heteroatoms. The van der Waals surface area contributed by atoms with Gasteiger partial charge in [-0.1, -0.05) is 55.4 Å². The Morgan fingerprint density at radius 2 is 1.93 bits per heavy atom. The van der Waals surface area contributed by atoms with Gasteiger partial charge in [-0.2, -0.15) is 0 Å². The number of hydrogen-bond acceptors (Lipinski definition) is 2. The van der Waals surface area contributed by atoms with Crippen LogP contribution in [-0.2, 0) is 4.79 Å². The van der Waals surface area contributed by atoms with Crippen LogP contribution in [0.2, 0.25) is 0 Å². The maximum Gasteiger partial charge on any atom is 0.248 e. The number of phenolic OH excluding ortho intramolecular Hbond substituents is 1. The summed E-state index contributed by atoms with van der Waals surface area (Å²) in [5.41, 5.74) is 2.16. The molecule has 0 atom stereocenters. The van der Waals surface area contributed by atoms with Gasteiger partial charge in [-0.15, -0.1) is 0 Å². The lowest BCUT2D eigenvalue weighted by atomic mass is 9.72. The molecule has 1 amide bonds. The summed E-state index contributed by atoms with van der Waals surface area (Å²) in [6, 6.07) is 6.20. The first-order chi connectivity index (χ1) is 15.6. The highest BCUT2D eigenvalue weighted by Crippen LogP contribution is 2.40. The number of phenols is 1. The van der Waals surface area contributed by atoms with Gasteiger partial charge in [0.05, 0.1) is 0 Å². The molecule has 3 nitrogen and oxygen atoms in total. The van der Waals surface area contributed by atoms with E-state index in [0.717, 1.165) is 11.1 Å². The van der Waals surface area contributed by atoms with E-state index < -0.39 is 18.6 Å². The second-order valence-corrected chi connectivity index (χ2v) is 7.88. The number of rotatable bonds is 6. The van der Waals surface area contributed by atoms with Gasteiger partial charge in [-0.25, -0.2) is 0 Å². The molecular weight excluding hydrogens is 358 g/mol. The van der Waals surface area contributed by atoms with Crippen molar-refractivity contribution in [1.29, 1.82) is 0 Å². The molecule has 29 heavy (non-hydrogen) atoms. The normalized spacial score (nSPS) is 22.7. The molecule has 0 radical (unpaired) electrons. The number of carbonyl (C=O) groups is 1. The summed E-state index contributed by atoms with van der Waals surface area (Å²) in [6.07, 6.45) is 9.30. The molecule has 0 aliphatic heterocycles.